The topological polar surface area (TPSA) is 138 Å². The molecule has 0 aliphatic heterocycles. The molecule has 9 nitrogen and oxygen atoms in total. The van der Waals surface area contributed by atoms with Crippen LogP contribution in [0.15, 0.2) is 10.9 Å². The number of aliphatic hydroxyl groups is 1. The van der Waals surface area contributed by atoms with Crippen molar-refractivity contribution in [1.29, 1.82) is 0 Å². The average Bonchev–Trinajstić information content (AvgIpc) is 2.75. The Hall–Kier alpha value is -2.16. The number of rotatable bonds is 5. The number of nitrogens with one attached hydrogen (secondary N) is 2. The van der Waals surface area contributed by atoms with E-state index in [9.17, 15) is 9.59 Å². The zero-order valence-corrected chi connectivity index (χ0v) is 8.08. The number of carboxylic acid groups (broad SMARTS) is 1. The van der Waals surface area contributed by atoms with E-state index in [2.05, 4.69) is 25.3 Å². The summed E-state index contributed by atoms with van der Waals surface area (Å²) in [5, 5.41) is 25.1. The first-order valence-electron chi connectivity index (χ1n) is 4.27. The van der Waals surface area contributed by atoms with Gasteiger partial charge in [0.05, 0.1) is 13.1 Å². The average molecular weight is 230 g/mol. The zero-order chi connectivity index (χ0) is 12.0. The second-order valence-electron chi connectivity index (χ2n) is 2.77. The van der Waals surface area contributed by atoms with E-state index in [1.165, 1.54) is 0 Å². The number of amides is 2. The first kappa shape index (κ1) is 11.9. The van der Waals surface area contributed by atoms with Crippen LogP contribution < -0.4 is 10.6 Å². The molecule has 4 N–H and O–H groups in total. The quantitative estimate of drug-likeness (QED) is 0.473. The van der Waals surface area contributed by atoms with Crippen molar-refractivity contribution < 1.29 is 24.3 Å². The predicted octanol–water partition coefficient (Wildman–Crippen LogP) is -1.69. The smallest absolute Gasteiger partial charge is 0.334 e. The number of carboxylic acids is 1. The van der Waals surface area contributed by atoms with Gasteiger partial charge in [-0.05, 0) is 0 Å². The lowest BCUT2D eigenvalue weighted by atomic mass is 10.4. The van der Waals surface area contributed by atoms with E-state index in [1.54, 1.807) is 0 Å². The van der Waals surface area contributed by atoms with E-state index in [1.807, 2.05) is 0 Å². The summed E-state index contributed by atoms with van der Waals surface area (Å²) in [6.07, 6.45) is -0.515. The molecule has 88 valence electrons. The molecule has 16 heavy (non-hydrogen) atoms. The van der Waals surface area contributed by atoms with Crippen LogP contribution in [0, 0.1) is 0 Å². The summed E-state index contributed by atoms with van der Waals surface area (Å²) in [7, 11) is 0. The Morgan fingerprint density at radius 2 is 2.25 bits per heavy atom. The van der Waals surface area contributed by atoms with E-state index >= 15 is 0 Å². The van der Waals surface area contributed by atoms with Crippen LogP contribution in [0.5, 0.6) is 0 Å². The second-order valence-corrected chi connectivity index (χ2v) is 2.77. The van der Waals surface area contributed by atoms with Gasteiger partial charge in [-0.25, -0.2) is 9.59 Å². The van der Waals surface area contributed by atoms with Crippen molar-refractivity contribution in [3.05, 3.63) is 12.2 Å². The summed E-state index contributed by atoms with van der Waals surface area (Å²) in [5.74, 6) is -1.12. The molecule has 1 aromatic rings. The molecule has 1 atom stereocenters. The number of hydrogen-bond donors (Lipinski definition) is 4. The summed E-state index contributed by atoms with van der Waals surface area (Å²) in [5.41, 5.74) is 0. The second kappa shape index (κ2) is 5.66. The number of nitrogens with zero attached hydrogens (tertiary/aromatic N) is 2. The highest BCUT2D eigenvalue weighted by atomic mass is 16.5. The summed E-state index contributed by atoms with van der Waals surface area (Å²) < 4.78 is 4.43. The van der Waals surface area contributed by atoms with E-state index < -0.39 is 18.1 Å². The van der Waals surface area contributed by atoms with Gasteiger partial charge in [-0.1, -0.05) is 5.16 Å². The Bertz CT molecular complexity index is 352. The van der Waals surface area contributed by atoms with Crippen molar-refractivity contribution in [3.8, 4) is 0 Å². The molecule has 0 bridgehead atoms. The molecule has 0 fully saturated rings. The Morgan fingerprint density at radius 1 is 1.50 bits per heavy atom. The van der Waals surface area contributed by atoms with E-state index in [0.717, 1.165) is 6.39 Å². The standard InChI is InChI=1S/C7H10N4O5/c12-4(6(13)14)1-8-7(15)9-2-5-10-3-16-11-5/h3-4,12H,1-2H2,(H,13,14)(H2,8,9,15)/t4-/m0/s1. The lowest BCUT2D eigenvalue weighted by Crippen LogP contribution is -2.41. The molecule has 1 aromatic heterocycles. The maximum Gasteiger partial charge on any atom is 0.334 e. The Kier molecular flexibility index (Phi) is 4.21. The van der Waals surface area contributed by atoms with E-state index in [0.29, 0.717) is 0 Å². The van der Waals surface area contributed by atoms with Crippen LogP contribution in [-0.2, 0) is 11.3 Å². The van der Waals surface area contributed by atoms with Crippen LogP contribution in [0.4, 0.5) is 4.79 Å². The molecular weight excluding hydrogens is 220 g/mol. The highest BCUT2D eigenvalue weighted by molar-refractivity contribution is 5.76. The van der Waals surface area contributed by atoms with Gasteiger partial charge in [0, 0.05) is 0 Å². The number of hydrogen-bond acceptors (Lipinski definition) is 6. The number of aliphatic carboxylic acids is 1. The number of aliphatic hydroxyl groups excluding tert-OH is 1. The van der Waals surface area contributed by atoms with Crippen molar-refractivity contribution in [2.75, 3.05) is 6.54 Å². The summed E-state index contributed by atoms with van der Waals surface area (Å²) >= 11 is 0. The lowest BCUT2D eigenvalue weighted by molar-refractivity contribution is -0.146. The van der Waals surface area contributed by atoms with Gasteiger partial charge in [0.1, 0.15) is 0 Å². The lowest BCUT2D eigenvalue weighted by Gasteiger charge is -2.07. The van der Waals surface area contributed by atoms with Gasteiger partial charge < -0.3 is 25.4 Å². The van der Waals surface area contributed by atoms with Gasteiger partial charge in [-0.15, -0.1) is 0 Å². The van der Waals surface area contributed by atoms with Crippen LogP contribution >= 0.6 is 0 Å². The molecule has 0 radical (unpaired) electrons. The fraction of sp³-hybridized carbons (Fsp3) is 0.429. The highest BCUT2D eigenvalue weighted by Crippen LogP contribution is 1.86. The molecule has 1 rings (SSSR count). The fourth-order valence-corrected chi connectivity index (χ4v) is 0.769. The number of carbonyl (C=O) groups is 2. The van der Waals surface area contributed by atoms with Crippen LogP contribution in [0.25, 0.3) is 0 Å². The van der Waals surface area contributed by atoms with Crippen molar-refractivity contribution in [2.45, 2.75) is 12.6 Å². The van der Waals surface area contributed by atoms with E-state index in [-0.39, 0.29) is 18.9 Å². The van der Waals surface area contributed by atoms with E-state index in [4.69, 9.17) is 10.2 Å². The third kappa shape index (κ3) is 3.92. The largest absolute Gasteiger partial charge is 0.479 e. The van der Waals surface area contributed by atoms with Crippen molar-refractivity contribution in [2.24, 2.45) is 0 Å². The zero-order valence-electron chi connectivity index (χ0n) is 8.08. The molecular formula is C7H10N4O5. The maximum atomic E-state index is 11.1. The molecule has 0 saturated heterocycles. The maximum absolute atomic E-state index is 11.1. The highest BCUT2D eigenvalue weighted by Gasteiger charge is 2.13. The van der Waals surface area contributed by atoms with Gasteiger partial charge in [0.2, 0.25) is 6.39 Å². The minimum absolute atomic E-state index is 0.0471. The predicted molar refractivity (Wildman–Crippen MR) is 48.2 cm³/mol. The monoisotopic (exact) mass is 230 g/mol. The van der Waals surface area contributed by atoms with Crippen molar-refractivity contribution >= 4 is 12.0 Å². The van der Waals surface area contributed by atoms with Gasteiger partial charge in [-0.2, -0.15) is 4.98 Å². The molecule has 0 aliphatic rings. The van der Waals surface area contributed by atoms with Gasteiger partial charge in [0.15, 0.2) is 11.9 Å². The van der Waals surface area contributed by atoms with Gasteiger partial charge in [0.25, 0.3) is 0 Å². The molecule has 1 heterocycles. The Balaban J connectivity index is 2.19. The van der Waals surface area contributed by atoms with Crippen LogP contribution in [-0.4, -0.2) is 45.0 Å². The van der Waals surface area contributed by atoms with Crippen LogP contribution in [0.2, 0.25) is 0 Å². The van der Waals surface area contributed by atoms with Gasteiger partial charge in [-0.3, -0.25) is 0 Å². The normalized spacial score (nSPS) is 11.8. The minimum atomic E-state index is -1.63. The van der Waals surface area contributed by atoms with Crippen molar-refractivity contribution in [3.63, 3.8) is 0 Å². The number of aromatic nitrogens is 2. The third-order valence-corrected chi connectivity index (χ3v) is 1.56. The first-order valence-corrected chi connectivity index (χ1v) is 4.27. The molecule has 0 aliphatic carbocycles. The molecule has 0 unspecified atom stereocenters. The SMILES string of the molecule is O=C(NCc1ncon1)NC[C@H](O)C(=O)O. The summed E-state index contributed by atoms with van der Waals surface area (Å²) in [4.78, 5) is 24.9. The van der Waals surface area contributed by atoms with Crippen molar-refractivity contribution in [1.82, 2.24) is 20.8 Å². The Labute approximate surface area is 89.5 Å². The molecule has 0 spiro atoms. The van der Waals surface area contributed by atoms with Crippen LogP contribution in [0.3, 0.4) is 0 Å². The van der Waals surface area contributed by atoms with Gasteiger partial charge >= 0.3 is 12.0 Å². The third-order valence-electron chi connectivity index (χ3n) is 1.56. The Morgan fingerprint density at radius 3 is 2.81 bits per heavy atom. The van der Waals surface area contributed by atoms with Crippen LogP contribution in [0.1, 0.15) is 5.82 Å². The summed E-state index contributed by atoms with van der Waals surface area (Å²) in [6.45, 7) is -0.334. The summed E-state index contributed by atoms with van der Waals surface area (Å²) in [6, 6.07) is -0.634. The molecule has 9 heteroatoms. The minimum Gasteiger partial charge on any atom is -0.479 e. The number of carbonyl (C=O) groups excluding carboxylic acids is 1. The molecule has 0 aromatic carbocycles. The fourth-order valence-electron chi connectivity index (χ4n) is 0.769. The molecule has 2 amide bonds. The molecule has 0 saturated carbocycles. The first-order chi connectivity index (χ1) is 7.59. The number of urea groups is 1.